The third kappa shape index (κ3) is 3.46. The van der Waals surface area contributed by atoms with Crippen LogP contribution in [0.5, 0.6) is 0 Å². The molecule has 0 spiro atoms. The monoisotopic (exact) mass is 232 g/mol. The van der Waals surface area contributed by atoms with Crippen LogP contribution in [0, 0.1) is 0 Å². The molecule has 0 saturated carbocycles. The lowest BCUT2D eigenvalue weighted by molar-refractivity contribution is 0.566. The molecule has 0 aromatic carbocycles. The summed E-state index contributed by atoms with van der Waals surface area (Å²) in [6.45, 7) is 6.17. The Morgan fingerprint density at radius 1 is 1.29 bits per heavy atom. The van der Waals surface area contributed by atoms with Crippen molar-refractivity contribution in [3.63, 3.8) is 0 Å². The molecule has 0 atom stereocenters. The first-order valence-electron chi connectivity index (χ1n) is 6.20. The summed E-state index contributed by atoms with van der Waals surface area (Å²) in [7, 11) is 0. The van der Waals surface area contributed by atoms with Gasteiger partial charge in [-0.1, -0.05) is 6.92 Å². The van der Waals surface area contributed by atoms with E-state index in [1.165, 1.54) is 12.1 Å². The van der Waals surface area contributed by atoms with Crippen LogP contribution in [-0.4, -0.2) is 20.7 Å². The highest BCUT2D eigenvalue weighted by Gasteiger charge is 1.99. The van der Waals surface area contributed by atoms with Crippen molar-refractivity contribution in [2.75, 3.05) is 6.54 Å². The van der Waals surface area contributed by atoms with Crippen molar-refractivity contribution in [3.8, 4) is 0 Å². The quantitative estimate of drug-likeness (QED) is 0.740. The first-order valence-corrected chi connectivity index (χ1v) is 6.20. The van der Waals surface area contributed by atoms with E-state index in [1.807, 2.05) is 18.7 Å². The Labute approximate surface area is 102 Å². The van der Waals surface area contributed by atoms with Crippen LogP contribution in [0.25, 0.3) is 0 Å². The number of hydrogen-bond donors (Lipinski definition) is 1. The zero-order valence-electron chi connectivity index (χ0n) is 10.3. The molecule has 0 saturated heterocycles. The predicted octanol–water partition coefficient (Wildman–Crippen LogP) is 1.88. The zero-order chi connectivity index (χ0) is 11.9. The Morgan fingerprint density at radius 3 is 3.00 bits per heavy atom. The van der Waals surface area contributed by atoms with Gasteiger partial charge in [0.1, 0.15) is 0 Å². The topological polar surface area (TPSA) is 34.8 Å². The summed E-state index contributed by atoms with van der Waals surface area (Å²) < 4.78 is 4.39. The molecule has 2 aromatic heterocycles. The van der Waals surface area contributed by atoms with Gasteiger partial charge in [0.05, 0.1) is 6.33 Å². The van der Waals surface area contributed by atoms with Gasteiger partial charge in [0.15, 0.2) is 0 Å². The highest BCUT2D eigenvalue weighted by molar-refractivity contribution is 5.06. The molecule has 0 unspecified atom stereocenters. The lowest BCUT2D eigenvalue weighted by Crippen LogP contribution is -2.20. The summed E-state index contributed by atoms with van der Waals surface area (Å²) in [5.74, 6) is 0. The first kappa shape index (κ1) is 11.9. The van der Waals surface area contributed by atoms with Gasteiger partial charge in [0.25, 0.3) is 0 Å². The van der Waals surface area contributed by atoms with Crippen LogP contribution >= 0.6 is 0 Å². The highest BCUT2D eigenvalue weighted by Crippen LogP contribution is 2.02. The van der Waals surface area contributed by atoms with Crippen molar-refractivity contribution >= 4 is 0 Å². The van der Waals surface area contributed by atoms with Gasteiger partial charge in [-0.05, 0) is 18.6 Å². The van der Waals surface area contributed by atoms with Gasteiger partial charge in [0.2, 0.25) is 0 Å². The van der Waals surface area contributed by atoms with E-state index in [9.17, 15) is 0 Å². The maximum Gasteiger partial charge on any atom is 0.0946 e. The van der Waals surface area contributed by atoms with E-state index in [0.717, 1.165) is 26.2 Å². The van der Waals surface area contributed by atoms with Crippen molar-refractivity contribution in [1.29, 1.82) is 0 Å². The van der Waals surface area contributed by atoms with E-state index in [4.69, 9.17) is 0 Å². The van der Waals surface area contributed by atoms with E-state index < -0.39 is 0 Å². The molecule has 4 heteroatoms. The van der Waals surface area contributed by atoms with Crippen molar-refractivity contribution in [1.82, 2.24) is 19.4 Å². The maximum absolute atomic E-state index is 4.02. The smallest absolute Gasteiger partial charge is 0.0946 e. The SMILES string of the molecule is CCCn1cccc1CNCCn1ccnc1. The molecule has 17 heavy (non-hydrogen) atoms. The Bertz CT molecular complexity index is 416. The molecule has 2 aromatic rings. The van der Waals surface area contributed by atoms with Crippen molar-refractivity contribution < 1.29 is 0 Å². The van der Waals surface area contributed by atoms with Crippen molar-refractivity contribution in [3.05, 3.63) is 42.7 Å². The van der Waals surface area contributed by atoms with Crippen LogP contribution < -0.4 is 5.32 Å². The van der Waals surface area contributed by atoms with Crippen molar-refractivity contribution in [2.45, 2.75) is 33.0 Å². The summed E-state index contributed by atoms with van der Waals surface area (Å²) in [6.07, 6.45) is 8.97. The molecule has 0 aliphatic heterocycles. The van der Waals surface area contributed by atoms with Crippen LogP contribution in [-0.2, 0) is 19.6 Å². The second-order valence-corrected chi connectivity index (χ2v) is 4.17. The van der Waals surface area contributed by atoms with Crippen molar-refractivity contribution in [2.24, 2.45) is 0 Å². The fraction of sp³-hybridized carbons (Fsp3) is 0.462. The van der Waals surface area contributed by atoms with Crippen LogP contribution in [0.1, 0.15) is 19.0 Å². The Morgan fingerprint density at radius 2 is 2.24 bits per heavy atom. The lowest BCUT2D eigenvalue weighted by atomic mass is 10.4. The normalized spacial score (nSPS) is 10.9. The van der Waals surface area contributed by atoms with Gasteiger partial charge in [-0.15, -0.1) is 0 Å². The number of rotatable bonds is 7. The third-order valence-electron chi connectivity index (χ3n) is 2.80. The second-order valence-electron chi connectivity index (χ2n) is 4.17. The molecule has 1 N–H and O–H groups in total. The average Bonchev–Trinajstić information content (AvgIpc) is 2.96. The van der Waals surface area contributed by atoms with Gasteiger partial charge in [-0.3, -0.25) is 0 Å². The molecule has 0 aliphatic carbocycles. The molecule has 0 amide bonds. The summed E-state index contributed by atoms with van der Waals surface area (Å²) in [6, 6.07) is 4.29. The number of imidazole rings is 1. The minimum absolute atomic E-state index is 0.932. The van der Waals surface area contributed by atoms with Crippen LogP contribution in [0.4, 0.5) is 0 Å². The largest absolute Gasteiger partial charge is 0.350 e. The lowest BCUT2D eigenvalue weighted by Gasteiger charge is -2.09. The molecule has 92 valence electrons. The Balaban J connectivity index is 1.72. The summed E-state index contributed by atoms with van der Waals surface area (Å²) in [5, 5.41) is 3.46. The number of nitrogens with one attached hydrogen (secondary N) is 1. The fourth-order valence-corrected chi connectivity index (χ4v) is 1.91. The fourth-order valence-electron chi connectivity index (χ4n) is 1.91. The van der Waals surface area contributed by atoms with Crippen LogP contribution in [0.3, 0.4) is 0 Å². The van der Waals surface area contributed by atoms with Gasteiger partial charge in [-0.2, -0.15) is 0 Å². The molecular weight excluding hydrogens is 212 g/mol. The minimum atomic E-state index is 0.932. The van der Waals surface area contributed by atoms with Gasteiger partial charge in [-0.25, -0.2) is 4.98 Å². The number of nitrogens with zero attached hydrogens (tertiary/aromatic N) is 3. The van der Waals surface area contributed by atoms with Gasteiger partial charge < -0.3 is 14.5 Å². The number of hydrogen-bond acceptors (Lipinski definition) is 2. The number of aromatic nitrogens is 3. The molecule has 0 bridgehead atoms. The molecule has 0 fully saturated rings. The summed E-state index contributed by atoms with van der Waals surface area (Å²) >= 11 is 0. The standard InChI is InChI=1S/C13H20N4/c1-2-7-17-8-3-4-13(17)11-14-5-9-16-10-6-15-12-16/h3-4,6,8,10,12,14H,2,5,7,9,11H2,1H3. The molecule has 2 rings (SSSR count). The van der Waals surface area contributed by atoms with E-state index in [1.54, 1.807) is 0 Å². The van der Waals surface area contributed by atoms with Gasteiger partial charge >= 0.3 is 0 Å². The molecular formula is C13H20N4. The molecule has 0 radical (unpaired) electrons. The van der Waals surface area contributed by atoms with E-state index in [0.29, 0.717) is 0 Å². The molecule has 0 aliphatic rings. The van der Waals surface area contributed by atoms with E-state index in [2.05, 4.69) is 44.7 Å². The second kappa shape index (κ2) is 6.25. The van der Waals surface area contributed by atoms with E-state index >= 15 is 0 Å². The van der Waals surface area contributed by atoms with E-state index in [-0.39, 0.29) is 0 Å². The summed E-state index contributed by atoms with van der Waals surface area (Å²) in [5.41, 5.74) is 1.36. The predicted molar refractivity (Wildman–Crippen MR) is 68.7 cm³/mol. The average molecular weight is 232 g/mol. The minimum Gasteiger partial charge on any atom is -0.350 e. The molecule has 2 heterocycles. The zero-order valence-corrected chi connectivity index (χ0v) is 10.3. The molecule has 4 nitrogen and oxygen atoms in total. The summed E-state index contributed by atoms with van der Waals surface area (Å²) in [4.78, 5) is 4.02. The van der Waals surface area contributed by atoms with Crippen LogP contribution in [0.2, 0.25) is 0 Å². The Kier molecular flexibility index (Phi) is 4.38. The maximum atomic E-state index is 4.02. The Hall–Kier alpha value is -1.55. The third-order valence-corrected chi connectivity index (χ3v) is 2.80. The highest BCUT2D eigenvalue weighted by atomic mass is 15.1. The van der Waals surface area contributed by atoms with Crippen LogP contribution in [0.15, 0.2) is 37.1 Å². The number of aryl methyl sites for hydroxylation is 1. The first-order chi connectivity index (χ1) is 8.40. The van der Waals surface area contributed by atoms with Gasteiger partial charge in [0, 0.05) is 50.5 Å².